The van der Waals surface area contributed by atoms with Crippen LogP contribution in [0.1, 0.15) is 43.5 Å². The van der Waals surface area contributed by atoms with Crippen LogP contribution in [0.5, 0.6) is 0 Å². The molecule has 0 aromatic heterocycles. The summed E-state index contributed by atoms with van der Waals surface area (Å²) < 4.78 is 0. The van der Waals surface area contributed by atoms with Gasteiger partial charge in [0.15, 0.2) is 0 Å². The van der Waals surface area contributed by atoms with Gasteiger partial charge in [0.1, 0.15) is 6.04 Å². The van der Waals surface area contributed by atoms with Crippen molar-refractivity contribution in [3.63, 3.8) is 0 Å². The number of benzene rings is 1. The number of carbonyl (C=O) groups excluding carboxylic acids is 2. The van der Waals surface area contributed by atoms with E-state index in [1.165, 1.54) is 0 Å². The van der Waals surface area contributed by atoms with Gasteiger partial charge in [0, 0.05) is 23.7 Å². The van der Waals surface area contributed by atoms with Crippen LogP contribution in [0.15, 0.2) is 24.3 Å². The summed E-state index contributed by atoms with van der Waals surface area (Å²) in [5.41, 5.74) is 0.445. The van der Waals surface area contributed by atoms with Crippen molar-refractivity contribution in [2.75, 3.05) is 13.1 Å². The maximum absolute atomic E-state index is 12.9. The van der Waals surface area contributed by atoms with E-state index in [0.29, 0.717) is 36.5 Å². The van der Waals surface area contributed by atoms with Crippen molar-refractivity contribution in [1.82, 2.24) is 10.2 Å². The molecule has 7 heteroatoms. The van der Waals surface area contributed by atoms with Crippen molar-refractivity contribution < 1.29 is 19.5 Å². The summed E-state index contributed by atoms with van der Waals surface area (Å²) in [4.78, 5) is 38.2. The summed E-state index contributed by atoms with van der Waals surface area (Å²) in [6.45, 7) is 4.70. The summed E-state index contributed by atoms with van der Waals surface area (Å²) in [6.07, 6.45) is 1.63. The van der Waals surface area contributed by atoms with Crippen LogP contribution in [0, 0.1) is 11.8 Å². The Bertz CT molecular complexity index is 654. The van der Waals surface area contributed by atoms with Crippen LogP contribution in [0.3, 0.4) is 0 Å². The van der Waals surface area contributed by atoms with Crippen LogP contribution in [-0.4, -0.2) is 46.9 Å². The van der Waals surface area contributed by atoms with E-state index in [1.807, 2.05) is 13.8 Å². The molecular weight excluding hydrogens is 356 g/mol. The smallest absolute Gasteiger partial charge is 0.306 e. The molecular formula is C19H25ClN2O4. The molecule has 1 aliphatic heterocycles. The summed E-state index contributed by atoms with van der Waals surface area (Å²) in [7, 11) is 0. The number of nitrogens with zero attached hydrogens (tertiary/aromatic N) is 1. The molecule has 1 aromatic rings. The fourth-order valence-electron chi connectivity index (χ4n) is 3.05. The second kappa shape index (κ2) is 9.03. The van der Waals surface area contributed by atoms with Crippen molar-refractivity contribution in [2.45, 2.75) is 39.2 Å². The van der Waals surface area contributed by atoms with E-state index in [0.717, 1.165) is 6.42 Å². The minimum absolute atomic E-state index is 0.0315. The average molecular weight is 381 g/mol. The van der Waals surface area contributed by atoms with Gasteiger partial charge in [-0.15, -0.1) is 0 Å². The summed E-state index contributed by atoms with van der Waals surface area (Å²) >= 11 is 5.85. The number of carboxylic acid groups (broad SMARTS) is 1. The molecule has 0 spiro atoms. The lowest BCUT2D eigenvalue weighted by Gasteiger charge is -2.34. The maximum Gasteiger partial charge on any atom is 0.306 e. The Kier molecular flexibility index (Phi) is 7.03. The highest BCUT2D eigenvalue weighted by molar-refractivity contribution is 6.30. The van der Waals surface area contributed by atoms with Gasteiger partial charge in [-0.25, -0.2) is 0 Å². The van der Waals surface area contributed by atoms with Gasteiger partial charge in [-0.1, -0.05) is 31.9 Å². The molecule has 2 amide bonds. The predicted octanol–water partition coefficient (Wildman–Crippen LogP) is 2.81. The molecule has 0 saturated carbocycles. The van der Waals surface area contributed by atoms with Gasteiger partial charge < -0.3 is 15.3 Å². The van der Waals surface area contributed by atoms with Gasteiger partial charge in [0.25, 0.3) is 5.91 Å². The zero-order valence-electron chi connectivity index (χ0n) is 15.1. The van der Waals surface area contributed by atoms with Crippen molar-refractivity contribution >= 4 is 29.4 Å². The molecule has 2 rings (SSSR count). The monoisotopic (exact) mass is 380 g/mol. The molecule has 1 aliphatic rings. The van der Waals surface area contributed by atoms with Gasteiger partial charge in [-0.05, 0) is 43.0 Å². The van der Waals surface area contributed by atoms with E-state index in [9.17, 15) is 14.4 Å². The summed E-state index contributed by atoms with van der Waals surface area (Å²) in [5, 5.41) is 12.5. The van der Waals surface area contributed by atoms with E-state index in [2.05, 4.69) is 5.32 Å². The van der Waals surface area contributed by atoms with Crippen LogP contribution >= 0.6 is 11.6 Å². The molecule has 1 saturated heterocycles. The third-order valence-corrected chi connectivity index (χ3v) is 5.28. The molecule has 0 radical (unpaired) electrons. The third kappa shape index (κ3) is 4.97. The van der Waals surface area contributed by atoms with Crippen molar-refractivity contribution in [1.29, 1.82) is 0 Å². The van der Waals surface area contributed by atoms with E-state index in [1.54, 1.807) is 29.2 Å². The first-order chi connectivity index (χ1) is 12.3. The number of likely N-dealkylation sites (tertiary alicyclic amines) is 1. The lowest BCUT2D eigenvalue weighted by molar-refractivity contribution is -0.146. The number of nitrogens with one attached hydrogen (secondary N) is 1. The molecule has 1 heterocycles. The van der Waals surface area contributed by atoms with Crippen LogP contribution in [0.25, 0.3) is 0 Å². The Labute approximate surface area is 158 Å². The number of aliphatic carboxylic acids is 1. The SMILES string of the molecule is CCC(C)C(NC(=O)c1ccc(Cl)cc1)C(=O)N1CCC(C(=O)O)CC1. The van der Waals surface area contributed by atoms with Crippen LogP contribution in [-0.2, 0) is 9.59 Å². The molecule has 1 fully saturated rings. The first-order valence-electron chi connectivity index (χ1n) is 8.91. The molecule has 0 bridgehead atoms. The Balaban J connectivity index is 2.07. The number of carbonyl (C=O) groups is 3. The number of piperidine rings is 1. The molecule has 0 aliphatic carbocycles. The molecule has 142 valence electrons. The van der Waals surface area contributed by atoms with Crippen LogP contribution in [0.2, 0.25) is 5.02 Å². The molecule has 2 unspecified atom stereocenters. The zero-order chi connectivity index (χ0) is 19.3. The summed E-state index contributed by atoms with van der Waals surface area (Å²) in [5.74, 6) is -1.71. The Morgan fingerprint density at radius 3 is 2.31 bits per heavy atom. The van der Waals surface area contributed by atoms with Crippen molar-refractivity contribution in [3.8, 4) is 0 Å². The minimum Gasteiger partial charge on any atom is -0.481 e. The first kappa shape index (κ1) is 20.2. The second-order valence-electron chi connectivity index (χ2n) is 6.78. The minimum atomic E-state index is -0.813. The van der Waals surface area contributed by atoms with Crippen LogP contribution in [0.4, 0.5) is 0 Å². The van der Waals surface area contributed by atoms with Crippen LogP contribution < -0.4 is 5.32 Å². The molecule has 6 nitrogen and oxygen atoms in total. The fourth-order valence-corrected chi connectivity index (χ4v) is 3.18. The van der Waals surface area contributed by atoms with Gasteiger partial charge >= 0.3 is 5.97 Å². The van der Waals surface area contributed by atoms with Gasteiger partial charge in [-0.2, -0.15) is 0 Å². The fraction of sp³-hybridized carbons (Fsp3) is 0.526. The molecule has 1 aromatic carbocycles. The topological polar surface area (TPSA) is 86.7 Å². The Morgan fingerprint density at radius 1 is 1.23 bits per heavy atom. The van der Waals surface area contributed by atoms with E-state index >= 15 is 0 Å². The normalized spacial score (nSPS) is 17.4. The van der Waals surface area contributed by atoms with E-state index < -0.39 is 17.9 Å². The van der Waals surface area contributed by atoms with E-state index in [-0.39, 0.29) is 17.7 Å². The predicted molar refractivity (Wildman–Crippen MR) is 99.1 cm³/mol. The van der Waals surface area contributed by atoms with E-state index in [4.69, 9.17) is 16.7 Å². The summed E-state index contributed by atoms with van der Waals surface area (Å²) in [6, 6.07) is 5.87. The van der Waals surface area contributed by atoms with Gasteiger partial charge in [-0.3, -0.25) is 14.4 Å². The average Bonchev–Trinajstić information content (AvgIpc) is 2.65. The van der Waals surface area contributed by atoms with Gasteiger partial charge in [0.2, 0.25) is 5.91 Å². The Morgan fingerprint density at radius 2 is 1.81 bits per heavy atom. The largest absolute Gasteiger partial charge is 0.481 e. The highest BCUT2D eigenvalue weighted by Gasteiger charge is 2.33. The highest BCUT2D eigenvalue weighted by atomic mass is 35.5. The Hall–Kier alpha value is -2.08. The second-order valence-corrected chi connectivity index (χ2v) is 7.22. The zero-order valence-corrected chi connectivity index (χ0v) is 15.8. The first-order valence-corrected chi connectivity index (χ1v) is 9.29. The number of hydrogen-bond acceptors (Lipinski definition) is 3. The number of halogens is 1. The third-order valence-electron chi connectivity index (χ3n) is 5.03. The maximum atomic E-state index is 12.9. The van der Waals surface area contributed by atoms with Crippen molar-refractivity contribution in [3.05, 3.63) is 34.9 Å². The molecule has 2 atom stereocenters. The number of hydrogen-bond donors (Lipinski definition) is 2. The number of amides is 2. The highest BCUT2D eigenvalue weighted by Crippen LogP contribution is 2.20. The lowest BCUT2D eigenvalue weighted by atomic mass is 9.93. The number of rotatable bonds is 6. The quantitative estimate of drug-likeness (QED) is 0.794. The van der Waals surface area contributed by atoms with Gasteiger partial charge in [0.05, 0.1) is 5.92 Å². The number of carboxylic acids is 1. The lowest BCUT2D eigenvalue weighted by Crippen LogP contribution is -2.53. The standard InChI is InChI=1S/C19H25ClN2O4/c1-3-12(2)16(21-17(23)13-4-6-15(20)7-5-13)18(24)22-10-8-14(9-11-22)19(25)26/h4-7,12,14,16H,3,8-11H2,1-2H3,(H,21,23)(H,25,26). The molecule has 26 heavy (non-hydrogen) atoms. The van der Waals surface area contributed by atoms with Crippen molar-refractivity contribution in [2.24, 2.45) is 11.8 Å². The molecule has 2 N–H and O–H groups in total.